The van der Waals surface area contributed by atoms with Crippen LogP contribution >= 0.6 is 0 Å². The maximum Gasteiger partial charge on any atom is 0.0669 e. The molecule has 0 radical (unpaired) electrons. The third kappa shape index (κ3) is 2.24. The van der Waals surface area contributed by atoms with Crippen molar-refractivity contribution in [3.8, 4) is 12.1 Å². The van der Waals surface area contributed by atoms with Crippen molar-refractivity contribution in [3.63, 3.8) is 0 Å². The van der Waals surface area contributed by atoms with Gasteiger partial charge in [-0.3, -0.25) is 0 Å². The molecule has 1 fully saturated rings. The Morgan fingerprint density at radius 2 is 1.17 bits per heavy atom. The van der Waals surface area contributed by atoms with Crippen LogP contribution in [0.2, 0.25) is 0 Å². The largest absolute Gasteiger partial charge is 0.198 e. The summed E-state index contributed by atoms with van der Waals surface area (Å²) < 4.78 is 0. The maximum absolute atomic E-state index is 8.81. The molecule has 2 heteroatoms. The number of nitriles is 2. The summed E-state index contributed by atoms with van der Waals surface area (Å²) in [6.07, 6.45) is 6.56. The molecule has 0 bridgehead atoms. The molecule has 0 N–H and O–H groups in total. The first-order chi connectivity index (χ1) is 5.88. The SMILES string of the molecule is N#CC1CCCCCCC1C#N. The smallest absolute Gasteiger partial charge is 0.0669 e. The fraction of sp³-hybridized carbons (Fsp3) is 0.800. The molecular formula is C10H14N2. The van der Waals surface area contributed by atoms with Crippen LogP contribution in [0.1, 0.15) is 38.5 Å². The second-order valence-corrected chi connectivity index (χ2v) is 3.46. The van der Waals surface area contributed by atoms with E-state index >= 15 is 0 Å². The molecule has 0 aromatic heterocycles. The molecule has 1 aliphatic carbocycles. The third-order valence-electron chi connectivity index (χ3n) is 2.60. The lowest BCUT2D eigenvalue weighted by atomic mass is 9.83. The lowest BCUT2D eigenvalue weighted by Crippen LogP contribution is -2.13. The molecule has 0 heterocycles. The fourth-order valence-electron chi connectivity index (χ4n) is 1.79. The van der Waals surface area contributed by atoms with Gasteiger partial charge in [-0.2, -0.15) is 10.5 Å². The summed E-state index contributed by atoms with van der Waals surface area (Å²) in [5.74, 6) is -0.00870. The van der Waals surface area contributed by atoms with Gasteiger partial charge < -0.3 is 0 Å². The van der Waals surface area contributed by atoms with E-state index in [1.807, 2.05) is 0 Å². The van der Waals surface area contributed by atoms with E-state index in [1.165, 1.54) is 12.8 Å². The van der Waals surface area contributed by atoms with Crippen molar-refractivity contribution in [2.24, 2.45) is 11.8 Å². The van der Waals surface area contributed by atoms with Gasteiger partial charge in [0.1, 0.15) is 0 Å². The summed E-state index contributed by atoms with van der Waals surface area (Å²) in [5, 5.41) is 17.6. The summed E-state index contributed by atoms with van der Waals surface area (Å²) >= 11 is 0. The molecule has 2 atom stereocenters. The molecule has 1 rings (SSSR count). The van der Waals surface area contributed by atoms with Crippen LogP contribution in [0.15, 0.2) is 0 Å². The highest BCUT2D eigenvalue weighted by atomic mass is 14.4. The molecule has 1 saturated carbocycles. The highest BCUT2D eigenvalue weighted by molar-refractivity contribution is 4.98. The van der Waals surface area contributed by atoms with Crippen LogP contribution < -0.4 is 0 Å². The molecule has 0 saturated heterocycles. The minimum atomic E-state index is -0.00435. The van der Waals surface area contributed by atoms with Gasteiger partial charge in [-0.1, -0.05) is 25.7 Å². The molecule has 0 aromatic rings. The Labute approximate surface area is 73.8 Å². The predicted octanol–water partition coefficient (Wildman–Crippen LogP) is 2.62. The van der Waals surface area contributed by atoms with Crippen LogP contribution in [0.5, 0.6) is 0 Å². The van der Waals surface area contributed by atoms with Crippen LogP contribution in [0.4, 0.5) is 0 Å². The second kappa shape index (κ2) is 4.78. The molecule has 2 unspecified atom stereocenters. The maximum atomic E-state index is 8.81. The highest BCUT2D eigenvalue weighted by Gasteiger charge is 2.21. The van der Waals surface area contributed by atoms with Crippen molar-refractivity contribution in [1.82, 2.24) is 0 Å². The van der Waals surface area contributed by atoms with Gasteiger partial charge in [0.2, 0.25) is 0 Å². The Morgan fingerprint density at radius 3 is 1.50 bits per heavy atom. The average molecular weight is 162 g/mol. The molecule has 64 valence electrons. The van der Waals surface area contributed by atoms with Gasteiger partial charge >= 0.3 is 0 Å². The number of hydrogen-bond donors (Lipinski definition) is 0. The molecule has 1 aliphatic rings. The van der Waals surface area contributed by atoms with Crippen LogP contribution in [0.25, 0.3) is 0 Å². The Kier molecular flexibility index (Phi) is 3.61. The van der Waals surface area contributed by atoms with E-state index in [9.17, 15) is 0 Å². The van der Waals surface area contributed by atoms with E-state index in [-0.39, 0.29) is 11.8 Å². The van der Waals surface area contributed by atoms with E-state index in [0.29, 0.717) is 0 Å². The summed E-state index contributed by atoms with van der Waals surface area (Å²) in [6.45, 7) is 0. The standard InChI is InChI=1S/C10H14N2/c11-7-9-5-3-1-2-4-6-10(9)8-12/h9-10H,1-6H2. The van der Waals surface area contributed by atoms with E-state index < -0.39 is 0 Å². The van der Waals surface area contributed by atoms with E-state index in [0.717, 1.165) is 25.7 Å². The lowest BCUT2D eigenvalue weighted by Gasteiger charge is -2.17. The topological polar surface area (TPSA) is 47.6 Å². The zero-order valence-electron chi connectivity index (χ0n) is 7.29. The second-order valence-electron chi connectivity index (χ2n) is 3.46. The highest BCUT2D eigenvalue weighted by Crippen LogP contribution is 2.26. The lowest BCUT2D eigenvalue weighted by molar-refractivity contribution is 0.374. The molecule has 0 aliphatic heterocycles. The minimum Gasteiger partial charge on any atom is -0.198 e. The van der Waals surface area contributed by atoms with Gasteiger partial charge in [-0.25, -0.2) is 0 Å². The van der Waals surface area contributed by atoms with Gasteiger partial charge in [0.25, 0.3) is 0 Å². The van der Waals surface area contributed by atoms with Crippen LogP contribution in [0, 0.1) is 34.5 Å². The number of hydrogen-bond acceptors (Lipinski definition) is 2. The summed E-state index contributed by atoms with van der Waals surface area (Å²) in [7, 11) is 0. The van der Waals surface area contributed by atoms with Crippen molar-refractivity contribution in [1.29, 1.82) is 10.5 Å². The zero-order chi connectivity index (χ0) is 8.81. The van der Waals surface area contributed by atoms with E-state index in [2.05, 4.69) is 12.1 Å². The van der Waals surface area contributed by atoms with Crippen LogP contribution in [-0.4, -0.2) is 0 Å². The van der Waals surface area contributed by atoms with Crippen LogP contribution in [0.3, 0.4) is 0 Å². The molecular weight excluding hydrogens is 148 g/mol. The molecule has 12 heavy (non-hydrogen) atoms. The van der Waals surface area contributed by atoms with E-state index in [1.54, 1.807) is 0 Å². The summed E-state index contributed by atoms with van der Waals surface area (Å²) in [6, 6.07) is 4.50. The van der Waals surface area contributed by atoms with Crippen molar-refractivity contribution < 1.29 is 0 Å². The fourth-order valence-corrected chi connectivity index (χ4v) is 1.79. The monoisotopic (exact) mass is 162 g/mol. The first kappa shape index (κ1) is 9.07. The van der Waals surface area contributed by atoms with Crippen molar-refractivity contribution in [2.45, 2.75) is 38.5 Å². The molecule has 2 nitrogen and oxygen atoms in total. The first-order valence-corrected chi connectivity index (χ1v) is 4.67. The Balaban J connectivity index is 2.54. The Morgan fingerprint density at radius 1 is 0.750 bits per heavy atom. The van der Waals surface area contributed by atoms with Crippen molar-refractivity contribution >= 4 is 0 Å². The average Bonchev–Trinajstić information content (AvgIpc) is 2.05. The summed E-state index contributed by atoms with van der Waals surface area (Å²) in [5.41, 5.74) is 0. The Hall–Kier alpha value is -1.02. The zero-order valence-corrected chi connectivity index (χ0v) is 7.29. The molecule has 0 spiro atoms. The van der Waals surface area contributed by atoms with E-state index in [4.69, 9.17) is 10.5 Å². The third-order valence-corrected chi connectivity index (χ3v) is 2.60. The van der Waals surface area contributed by atoms with Crippen LogP contribution in [-0.2, 0) is 0 Å². The molecule has 0 amide bonds. The van der Waals surface area contributed by atoms with Gasteiger partial charge in [0.05, 0.1) is 24.0 Å². The summed E-state index contributed by atoms with van der Waals surface area (Å²) in [4.78, 5) is 0. The predicted molar refractivity (Wildman–Crippen MR) is 45.9 cm³/mol. The number of nitrogens with zero attached hydrogens (tertiary/aromatic N) is 2. The van der Waals surface area contributed by atoms with Gasteiger partial charge in [-0.15, -0.1) is 0 Å². The normalized spacial score (nSPS) is 30.8. The van der Waals surface area contributed by atoms with Crippen molar-refractivity contribution in [3.05, 3.63) is 0 Å². The minimum absolute atomic E-state index is 0.00435. The molecule has 0 aromatic carbocycles. The van der Waals surface area contributed by atoms with Gasteiger partial charge in [0.15, 0.2) is 0 Å². The number of rotatable bonds is 0. The van der Waals surface area contributed by atoms with Gasteiger partial charge in [-0.05, 0) is 12.8 Å². The van der Waals surface area contributed by atoms with Gasteiger partial charge in [0, 0.05) is 0 Å². The Bertz CT molecular complexity index is 185. The van der Waals surface area contributed by atoms with Crippen molar-refractivity contribution in [2.75, 3.05) is 0 Å². The quantitative estimate of drug-likeness (QED) is 0.549. The first-order valence-electron chi connectivity index (χ1n) is 4.67.